The summed E-state index contributed by atoms with van der Waals surface area (Å²) < 4.78 is 15.6. The van der Waals surface area contributed by atoms with E-state index in [9.17, 15) is 9.18 Å². The summed E-state index contributed by atoms with van der Waals surface area (Å²) in [5.41, 5.74) is 1.72. The molecule has 1 aliphatic heterocycles. The maximum Gasteiger partial charge on any atom is 0.273 e. The predicted molar refractivity (Wildman–Crippen MR) is 107 cm³/mol. The second-order valence-corrected chi connectivity index (χ2v) is 8.41. The van der Waals surface area contributed by atoms with Crippen LogP contribution >= 0.6 is 0 Å². The molecular formula is C20H29FN6O. The van der Waals surface area contributed by atoms with Gasteiger partial charge in [-0.05, 0) is 52.9 Å². The summed E-state index contributed by atoms with van der Waals surface area (Å²) in [5, 5.41) is 10.9. The fourth-order valence-electron chi connectivity index (χ4n) is 3.25. The average molecular weight is 388 g/mol. The quantitative estimate of drug-likeness (QED) is 0.871. The number of aromatic nitrogens is 3. The molecule has 1 amide bonds. The number of rotatable bonds is 4. The number of nitrogens with zero attached hydrogens (tertiary/aromatic N) is 5. The largest absolute Gasteiger partial charge is 0.369 e. The van der Waals surface area contributed by atoms with Gasteiger partial charge in [-0.2, -0.15) is 0 Å². The number of piperazine rings is 1. The lowest BCUT2D eigenvalue weighted by Gasteiger charge is -2.36. The van der Waals surface area contributed by atoms with E-state index in [1.165, 1.54) is 12.1 Å². The van der Waals surface area contributed by atoms with Gasteiger partial charge >= 0.3 is 0 Å². The van der Waals surface area contributed by atoms with Crippen LogP contribution in [-0.2, 0) is 5.54 Å². The van der Waals surface area contributed by atoms with Crippen molar-refractivity contribution in [2.75, 3.05) is 38.1 Å². The van der Waals surface area contributed by atoms with Gasteiger partial charge in [-0.25, -0.2) is 9.07 Å². The monoisotopic (exact) mass is 388 g/mol. The van der Waals surface area contributed by atoms with Gasteiger partial charge in [-0.1, -0.05) is 5.21 Å². The highest BCUT2D eigenvalue weighted by molar-refractivity contribution is 5.92. The Morgan fingerprint density at radius 1 is 1.21 bits per heavy atom. The van der Waals surface area contributed by atoms with Gasteiger partial charge in [-0.15, -0.1) is 5.10 Å². The van der Waals surface area contributed by atoms with Crippen LogP contribution in [0.15, 0.2) is 24.4 Å². The molecule has 1 aromatic carbocycles. The molecule has 0 radical (unpaired) electrons. The summed E-state index contributed by atoms with van der Waals surface area (Å²) in [7, 11) is 2.09. The van der Waals surface area contributed by atoms with Gasteiger partial charge in [0.25, 0.3) is 5.91 Å². The molecule has 1 unspecified atom stereocenters. The van der Waals surface area contributed by atoms with Crippen LogP contribution in [0, 0.1) is 5.82 Å². The molecule has 1 atom stereocenters. The van der Waals surface area contributed by atoms with Crippen molar-refractivity contribution in [1.82, 2.24) is 25.2 Å². The Morgan fingerprint density at radius 2 is 1.89 bits per heavy atom. The maximum absolute atomic E-state index is 14.0. The van der Waals surface area contributed by atoms with Gasteiger partial charge < -0.3 is 15.1 Å². The second-order valence-electron chi connectivity index (χ2n) is 8.41. The summed E-state index contributed by atoms with van der Waals surface area (Å²) in [6.45, 7) is 11.5. The first-order chi connectivity index (χ1) is 13.1. The summed E-state index contributed by atoms with van der Waals surface area (Å²) in [6, 6.07) is 4.41. The van der Waals surface area contributed by atoms with Crippen molar-refractivity contribution in [1.29, 1.82) is 0 Å². The second kappa shape index (κ2) is 7.87. The molecule has 1 aromatic heterocycles. The number of likely N-dealkylation sites (N-methyl/N-ethyl adjacent to an activating group) is 1. The summed E-state index contributed by atoms with van der Waals surface area (Å²) in [4.78, 5) is 17.2. The van der Waals surface area contributed by atoms with Crippen LogP contribution in [0.4, 0.5) is 10.1 Å². The lowest BCUT2D eigenvalue weighted by atomic mass is 10.0. The van der Waals surface area contributed by atoms with Gasteiger partial charge in [0.1, 0.15) is 5.82 Å². The molecule has 0 bridgehead atoms. The van der Waals surface area contributed by atoms with Crippen molar-refractivity contribution in [3.8, 4) is 0 Å². The molecule has 0 spiro atoms. The van der Waals surface area contributed by atoms with Gasteiger partial charge in [0, 0.05) is 37.4 Å². The fourth-order valence-corrected chi connectivity index (χ4v) is 3.25. The van der Waals surface area contributed by atoms with Crippen molar-refractivity contribution < 1.29 is 9.18 Å². The minimum Gasteiger partial charge on any atom is -0.369 e. The number of carbonyl (C=O) groups excluding carboxylic acids is 1. The van der Waals surface area contributed by atoms with Crippen molar-refractivity contribution in [2.24, 2.45) is 0 Å². The first-order valence-corrected chi connectivity index (χ1v) is 9.62. The zero-order valence-electron chi connectivity index (χ0n) is 17.2. The number of benzene rings is 1. The number of hydrogen-bond acceptors (Lipinski definition) is 5. The van der Waals surface area contributed by atoms with E-state index in [0.29, 0.717) is 0 Å². The minimum atomic E-state index is -0.363. The van der Waals surface area contributed by atoms with E-state index in [-0.39, 0.29) is 29.0 Å². The maximum atomic E-state index is 14.0. The van der Waals surface area contributed by atoms with Crippen molar-refractivity contribution in [3.63, 3.8) is 0 Å². The molecule has 0 saturated carbocycles. The molecule has 1 fully saturated rings. The summed E-state index contributed by atoms with van der Waals surface area (Å²) >= 11 is 0. The number of halogens is 1. The lowest BCUT2D eigenvalue weighted by molar-refractivity contribution is 0.0934. The van der Waals surface area contributed by atoms with E-state index < -0.39 is 0 Å². The van der Waals surface area contributed by atoms with Crippen LogP contribution < -0.4 is 10.2 Å². The van der Waals surface area contributed by atoms with Crippen LogP contribution in [0.5, 0.6) is 0 Å². The standard InChI is InChI=1S/C20H29FN6O/c1-14(22-19(28)17-13-27(24-23-17)20(2,3)4)16-12-15(21)6-7-18(16)26-10-8-25(5)9-11-26/h6-7,12-14H,8-11H2,1-5H3,(H,22,28). The molecule has 28 heavy (non-hydrogen) atoms. The van der Waals surface area contributed by atoms with E-state index in [1.54, 1.807) is 16.9 Å². The van der Waals surface area contributed by atoms with E-state index in [0.717, 1.165) is 37.4 Å². The molecular weight excluding hydrogens is 359 g/mol. The smallest absolute Gasteiger partial charge is 0.273 e. The molecule has 152 valence electrons. The molecule has 1 N–H and O–H groups in total. The van der Waals surface area contributed by atoms with Crippen molar-refractivity contribution in [2.45, 2.75) is 39.3 Å². The van der Waals surface area contributed by atoms with E-state index in [2.05, 4.69) is 32.5 Å². The third kappa shape index (κ3) is 4.49. The van der Waals surface area contributed by atoms with Gasteiger partial charge in [0.15, 0.2) is 5.69 Å². The normalized spacial score (nSPS) is 16.9. The Bertz CT molecular complexity index is 835. The molecule has 3 rings (SSSR count). The summed E-state index contributed by atoms with van der Waals surface area (Å²) in [6.07, 6.45) is 1.63. The number of nitrogens with one attached hydrogen (secondary N) is 1. The van der Waals surface area contributed by atoms with Gasteiger partial charge in [0.05, 0.1) is 17.8 Å². The number of anilines is 1. The zero-order chi connectivity index (χ0) is 20.5. The first-order valence-electron chi connectivity index (χ1n) is 9.62. The lowest BCUT2D eigenvalue weighted by Crippen LogP contribution is -2.45. The van der Waals surface area contributed by atoms with Crippen LogP contribution in [-0.4, -0.2) is 59.0 Å². The molecule has 1 aliphatic rings. The number of carbonyl (C=O) groups is 1. The zero-order valence-corrected chi connectivity index (χ0v) is 17.2. The minimum absolute atomic E-state index is 0.249. The van der Waals surface area contributed by atoms with Crippen LogP contribution in [0.25, 0.3) is 0 Å². The average Bonchev–Trinajstić information content (AvgIpc) is 3.13. The number of hydrogen-bond donors (Lipinski definition) is 1. The van der Waals surface area contributed by atoms with E-state index in [4.69, 9.17) is 0 Å². The Hall–Kier alpha value is -2.48. The molecule has 2 heterocycles. The third-order valence-electron chi connectivity index (χ3n) is 5.06. The molecule has 2 aromatic rings. The van der Waals surface area contributed by atoms with Crippen LogP contribution in [0.2, 0.25) is 0 Å². The Kier molecular flexibility index (Phi) is 5.69. The SMILES string of the molecule is CC(NC(=O)c1cn(C(C)(C)C)nn1)c1cc(F)ccc1N1CCN(C)CC1. The van der Waals surface area contributed by atoms with E-state index in [1.807, 2.05) is 27.7 Å². The summed E-state index contributed by atoms with van der Waals surface area (Å²) in [5.74, 6) is -0.635. The van der Waals surface area contributed by atoms with Crippen LogP contribution in [0.3, 0.4) is 0 Å². The highest BCUT2D eigenvalue weighted by Gasteiger charge is 2.23. The van der Waals surface area contributed by atoms with E-state index >= 15 is 0 Å². The topological polar surface area (TPSA) is 66.3 Å². The molecule has 8 heteroatoms. The van der Waals surface area contributed by atoms with Crippen molar-refractivity contribution in [3.05, 3.63) is 41.5 Å². The third-order valence-corrected chi connectivity index (χ3v) is 5.06. The Balaban J connectivity index is 1.78. The molecule has 0 aliphatic carbocycles. The predicted octanol–water partition coefficient (Wildman–Crippen LogP) is 2.42. The Morgan fingerprint density at radius 3 is 2.50 bits per heavy atom. The first kappa shape index (κ1) is 20.3. The molecule has 1 saturated heterocycles. The van der Waals surface area contributed by atoms with Gasteiger partial charge in [0.2, 0.25) is 0 Å². The highest BCUT2D eigenvalue weighted by Crippen LogP contribution is 2.28. The van der Waals surface area contributed by atoms with Crippen molar-refractivity contribution >= 4 is 11.6 Å². The van der Waals surface area contributed by atoms with Gasteiger partial charge in [-0.3, -0.25) is 4.79 Å². The van der Waals surface area contributed by atoms with Crippen LogP contribution in [0.1, 0.15) is 49.8 Å². The number of amides is 1. The highest BCUT2D eigenvalue weighted by atomic mass is 19.1. The molecule has 7 nitrogen and oxygen atoms in total. The Labute approximate surface area is 165 Å². The fraction of sp³-hybridized carbons (Fsp3) is 0.550.